The van der Waals surface area contributed by atoms with Crippen LogP contribution < -0.4 is 0 Å². The summed E-state index contributed by atoms with van der Waals surface area (Å²) in [6, 6.07) is 9.56. The van der Waals surface area contributed by atoms with Crippen molar-refractivity contribution in [2.45, 2.75) is 38.4 Å². The fraction of sp³-hybridized carbons (Fsp3) is 0.500. The van der Waals surface area contributed by atoms with Crippen molar-refractivity contribution < 1.29 is 10.2 Å². The molecule has 0 bridgehead atoms. The van der Waals surface area contributed by atoms with Gasteiger partial charge in [-0.2, -0.15) is 0 Å². The lowest BCUT2D eigenvalue weighted by atomic mass is 10.0. The predicted molar refractivity (Wildman–Crippen MR) is 56.9 cm³/mol. The van der Waals surface area contributed by atoms with Gasteiger partial charge in [0.1, 0.15) is 0 Å². The van der Waals surface area contributed by atoms with Crippen LogP contribution >= 0.6 is 0 Å². The SMILES string of the molecule is CCC(O)CCC(O)c1ccccc1. The van der Waals surface area contributed by atoms with E-state index in [2.05, 4.69) is 0 Å². The van der Waals surface area contributed by atoms with Crippen LogP contribution in [-0.2, 0) is 0 Å². The molecule has 0 saturated carbocycles. The van der Waals surface area contributed by atoms with Crippen molar-refractivity contribution in [1.82, 2.24) is 0 Å². The molecule has 78 valence electrons. The van der Waals surface area contributed by atoms with E-state index in [9.17, 15) is 10.2 Å². The number of hydrogen-bond acceptors (Lipinski definition) is 2. The Hall–Kier alpha value is -0.860. The third-order valence-corrected chi connectivity index (χ3v) is 2.43. The van der Waals surface area contributed by atoms with Crippen LogP contribution in [0.15, 0.2) is 30.3 Å². The Morgan fingerprint density at radius 3 is 2.29 bits per heavy atom. The maximum Gasteiger partial charge on any atom is 0.0791 e. The van der Waals surface area contributed by atoms with E-state index in [4.69, 9.17) is 0 Å². The zero-order chi connectivity index (χ0) is 10.4. The number of hydrogen-bond donors (Lipinski definition) is 2. The van der Waals surface area contributed by atoms with Crippen molar-refractivity contribution in [3.8, 4) is 0 Å². The van der Waals surface area contributed by atoms with E-state index in [1.807, 2.05) is 37.3 Å². The molecule has 2 N–H and O–H groups in total. The van der Waals surface area contributed by atoms with Gasteiger partial charge in [0, 0.05) is 0 Å². The quantitative estimate of drug-likeness (QED) is 0.755. The second-order valence-corrected chi connectivity index (χ2v) is 3.57. The number of aliphatic hydroxyl groups excluding tert-OH is 2. The molecule has 0 aromatic heterocycles. The highest BCUT2D eigenvalue weighted by atomic mass is 16.3. The lowest BCUT2D eigenvalue weighted by molar-refractivity contribution is 0.112. The second-order valence-electron chi connectivity index (χ2n) is 3.57. The first kappa shape index (κ1) is 11.2. The van der Waals surface area contributed by atoms with E-state index >= 15 is 0 Å². The number of benzene rings is 1. The van der Waals surface area contributed by atoms with Crippen molar-refractivity contribution in [3.63, 3.8) is 0 Å². The van der Waals surface area contributed by atoms with Crippen LogP contribution in [0.25, 0.3) is 0 Å². The first-order valence-electron chi connectivity index (χ1n) is 5.15. The summed E-state index contributed by atoms with van der Waals surface area (Å²) in [6.07, 6.45) is 1.30. The Bertz CT molecular complexity index is 246. The highest BCUT2D eigenvalue weighted by molar-refractivity contribution is 5.17. The largest absolute Gasteiger partial charge is 0.393 e. The Kier molecular flexibility index (Phi) is 4.63. The zero-order valence-electron chi connectivity index (χ0n) is 8.56. The minimum atomic E-state index is -0.447. The Morgan fingerprint density at radius 1 is 1.07 bits per heavy atom. The van der Waals surface area contributed by atoms with E-state index < -0.39 is 6.10 Å². The molecule has 1 aromatic rings. The van der Waals surface area contributed by atoms with Crippen molar-refractivity contribution in [1.29, 1.82) is 0 Å². The maximum absolute atomic E-state index is 9.75. The van der Waals surface area contributed by atoms with Crippen LogP contribution in [-0.4, -0.2) is 16.3 Å². The highest BCUT2D eigenvalue weighted by Crippen LogP contribution is 2.19. The summed E-state index contributed by atoms with van der Waals surface area (Å²) in [7, 11) is 0. The topological polar surface area (TPSA) is 40.5 Å². The van der Waals surface area contributed by atoms with Crippen molar-refractivity contribution in [2.24, 2.45) is 0 Å². The molecular weight excluding hydrogens is 176 g/mol. The molecule has 0 fully saturated rings. The Labute approximate surface area is 85.2 Å². The molecule has 0 amide bonds. The van der Waals surface area contributed by atoms with Crippen molar-refractivity contribution in [2.75, 3.05) is 0 Å². The minimum absolute atomic E-state index is 0.284. The number of aliphatic hydroxyl groups is 2. The predicted octanol–water partition coefficient (Wildman–Crippen LogP) is 2.27. The molecule has 0 spiro atoms. The molecule has 2 nitrogen and oxygen atoms in total. The highest BCUT2D eigenvalue weighted by Gasteiger charge is 2.09. The fourth-order valence-corrected chi connectivity index (χ4v) is 1.40. The van der Waals surface area contributed by atoms with Crippen LogP contribution in [0.1, 0.15) is 37.9 Å². The molecule has 0 saturated heterocycles. The summed E-state index contributed by atoms with van der Waals surface area (Å²) in [5, 5.41) is 19.1. The molecule has 0 heterocycles. The van der Waals surface area contributed by atoms with Gasteiger partial charge in [0.05, 0.1) is 12.2 Å². The van der Waals surface area contributed by atoms with Gasteiger partial charge in [-0.15, -0.1) is 0 Å². The van der Waals surface area contributed by atoms with Crippen LogP contribution in [0, 0.1) is 0 Å². The first-order chi connectivity index (χ1) is 6.74. The van der Waals surface area contributed by atoms with Gasteiger partial charge in [0.15, 0.2) is 0 Å². The molecule has 2 atom stereocenters. The van der Waals surface area contributed by atoms with E-state index in [0.29, 0.717) is 12.8 Å². The molecular formula is C12H18O2. The lowest BCUT2D eigenvalue weighted by Crippen LogP contribution is -2.07. The van der Waals surface area contributed by atoms with Crippen LogP contribution in [0.2, 0.25) is 0 Å². The van der Waals surface area contributed by atoms with Gasteiger partial charge in [-0.05, 0) is 24.8 Å². The second kappa shape index (κ2) is 5.78. The molecule has 0 aliphatic heterocycles. The van der Waals surface area contributed by atoms with E-state index in [1.54, 1.807) is 0 Å². The third kappa shape index (κ3) is 3.48. The van der Waals surface area contributed by atoms with Gasteiger partial charge in [-0.3, -0.25) is 0 Å². The smallest absolute Gasteiger partial charge is 0.0791 e. The molecule has 14 heavy (non-hydrogen) atoms. The molecule has 2 heteroatoms. The average molecular weight is 194 g/mol. The lowest BCUT2D eigenvalue weighted by Gasteiger charge is -2.13. The summed E-state index contributed by atoms with van der Waals surface area (Å²) in [5.41, 5.74) is 0.927. The molecule has 0 radical (unpaired) electrons. The van der Waals surface area contributed by atoms with Gasteiger partial charge in [-0.25, -0.2) is 0 Å². The zero-order valence-corrected chi connectivity index (χ0v) is 8.56. The van der Waals surface area contributed by atoms with Crippen LogP contribution in [0.3, 0.4) is 0 Å². The maximum atomic E-state index is 9.75. The van der Waals surface area contributed by atoms with Crippen LogP contribution in [0.5, 0.6) is 0 Å². The first-order valence-corrected chi connectivity index (χ1v) is 5.15. The number of rotatable bonds is 5. The summed E-state index contributed by atoms with van der Waals surface area (Å²) in [4.78, 5) is 0. The molecule has 1 aromatic carbocycles. The van der Waals surface area contributed by atoms with Gasteiger partial charge in [0.2, 0.25) is 0 Å². The summed E-state index contributed by atoms with van der Waals surface area (Å²) in [6.45, 7) is 1.94. The molecule has 0 aliphatic rings. The van der Waals surface area contributed by atoms with E-state index in [-0.39, 0.29) is 6.10 Å². The van der Waals surface area contributed by atoms with Gasteiger partial charge >= 0.3 is 0 Å². The summed E-state index contributed by atoms with van der Waals surface area (Å²) in [5.74, 6) is 0. The Morgan fingerprint density at radius 2 is 1.71 bits per heavy atom. The van der Waals surface area contributed by atoms with Gasteiger partial charge in [-0.1, -0.05) is 37.3 Å². The third-order valence-electron chi connectivity index (χ3n) is 2.43. The normalized spacial score (nSPS) is 15.1. The average Bonchev–Trinajstić information content (AvgIpc) is 2.26. The van der Waals surface area contributed by atoms with Gasteiger partial charge < -0.3 is 10.2 Å². The standard InChI is InChI=1S/C12H18O2/c1-2-11(13)8-9-12(14)10-6-4-3-5-7-10/h3-7,11-14H,2,8-9H2,1H3. The minimum Gasteiger partial charge on any atom is -0.393 e. The van der Waals surface area contributed by atoms with Crippen LogP contribution in [0.4, 0.5) is 0 Å². The monoisotopic (exact) mass is 194 g/mol. The van der Waals surface area contributed by atoms with Crippen molar-refractivity contribution in [3.05, 3.63) is 35.9 Å². The Balaban J connectivity index is 2.39. The molecule has 1 rings (SSSR count). The van der Waals surface area contributed by atoms with E-state index in [1.165, 1.54) is 0 Å². The summed E-state index contributed by atoms with van der Waals surface area (Å²) < 4.78 is 0. The summed E-state index contributed by atoms with van der Waals surface area (Å²) >= 11 is 0. The van der Waals surface area contributed by atoms with Crippen molar-refractivity contribution >= 4 is 0 Å². The van der Waals surface area contributed by atoms with E-state index in [0.717, 1.165) is 12.0 Å². The fourth-order valence-electron chi connectivity index (χ4n) is 1.40. The molecule has 0 aliphatic carbocycles. The molecule has 2 unspecified atom stereocenters. The van der Waals surface area contributed by atoms with Gasteiger partial charge in [0.25, 0.3) is 0 Å².